The molecule has 0 spiro atoms. The molecule has 2 aromatic rings. The van der Waals surface area contributed by atoms with Crippen molar-refractivity contribution in [2.45, 2.75) is 46.1 Å². The molecule has 0 amide bonds. The highest BCUT2D eigenvalue weighted by molar-refractivity contribution is 5.18. The summed E-state index contributed by atoms with van der Waals surface area (Å²) in [5.41, 5.74) is 3.80. The summed E-state index contributed by atoms with van der Waals surface area (Å²) in [5.74, 6) is 0.620. The van der Waals surface area contributed by atoms with E-state index in [0.29, 0.717) is 5.92 Å². The van der Waals surface area contributed by atoms with Gasteiger partial charge in [-0.25, -0.2) is 0 Å². The molecule has 1 atom stereocenters. The van der Waals surface area contributed by atoms with Crippen LogP contribution >= 0.6 is 0 Å². The van der Waals surface area contributed by atoms with Gasteiger partial charge in [0.1, 0.15) is 0 Å². The van der Waals surface area contributed by atoms with E-state index >= 15 is 0 Å². The van der Waals surface area contributed by atoms with E-state index in [4.69, 9.17) is 0 Å². The van der Waals surface area contributed by atoms with Crippen LogP contribution in [0.4, 0.5) is 0 Å². The Morgan fingerprint density at radius 2 is 1.90 bits per heavy atom. The maximum atomic E-state index is 4.48. The second kappa shape index (κ2) is 7.99. The largest absolute Gasteiger partial charge is 0.317 e. The molecule has 3 heteroatoms. The average Bonchev–Trinajstić information content (AvgIpc) is 2.81. The fraction of sp³-hybridized carbons (Fsp3) is 0.500. The summed E-state index contributed by atoms with van der Waals surface area (Å²) in [6.07, 6.45) is 2.31. The standard InChI is InChI=1S/C18H27N3/c1-15(18-8-5-4-6-9-18)10-12-19-11-7-13-21-17(3)14-16(2)20-21/h4-6,8-9,14-15,19H,7,10-13H2,1-3H3. The van der Waals surface area contributed by atoms with Crippen LogP contribution in [0.1, 0.15) is 42.6 Å². The predicted octanol–water partition coefficient (Wildman–Crippen LogP) is 3.67. The molecule has 1 unspecified atom stereocenters. The van der Waals surface area contributed by atoms with E-state index in [1.54, 1.807) is 0 Å². The van der Waals surface area contributed by atoms with Gasteiger partial charge in [0, 0.05) is 12.2 Å². The SMILES string of the molecule is Cc1cc(C)n(CCCNCCC(C)c2ccccc2)n1. The lowest BCUT2D eigenvalue weighted by Gasteiger charge is -2.12. The van der Waals surface area contributed by atoms with E-state index in [9.17, 15) is 0 Å². The van der Waals surface area contributed by atoms with E-state index in [1.165, 1.54) is 17.7 Å². The molecule has 1 aromatic heterocycles. The Morgan fingerprint density at radius 3 is 2.57 bits per heavy atom. The van der Waals surface area contributed by atoms with Gasteiger partial charge < -0.3 is 5.32 Å². The zero-order valence-electron chi connectivity index (χ0n) is 13.5. The summed E-state index contributed by atoms with van der Waals surface area (Å²) >= 11 is 0. The Bertz CT molecular complexity index is 531. The van der Waals surface area contributed by atoms with Gasteiger partial charge in [0.2, 0.25) is 0 Å². The van der Waals surface area contributed by atoms with E-state index < -0.39 is 0 Å². The zero-order chi connectivity index (χ0) is 15.1. The molecule has 0 saturated carbocycles. The van der Waals surface area contributed by atoms with Crippen LogP contribution in [0.25, 0.3) is 0 Å². The first-order valence-corrected chi connectivity index (χ1v) is 7.93. The molecule has 0 saturated heterocycles. The third-order valence-corrected chi connectivity index (χ3v) is 3.95. The molecule has 1 heterocycles. The average molecular weight is 285 g/mol. The molecule has 0 fully saturated rings. The van der Waals surface area contributed by atoms with Crippen molar-refractivity contribution in [1.82, 2.24) is 15.1 Å². The molecule has 21 heavy (non-hydrogen) atoms. The first-order valence-electron chi connectivity index (χ1n) is 7.93. The van der Waals surface area contributed by atoms with Gasteiger partial charge in [-0.3, -0.25) is 4.68 Å². The van der Waals surface area contributed by atoms with Gasteiger partial charge in [-0.05, 0) is 57.3 Å². The molecular formula is C18H27N3. The highest BCUT2D eigenvalue weighted by atomic mass is 15.3. The van der Waals surface area contributed by atoms with E-state index in [1.807, 2.05) is 6.92 Å². The summed E-state index contributed by atoms with van der Waals surface area (Å²) in [4.78, 5) is 0. The van der Waals surface area contributed by atoms with Crippen molar-refractivity contribution in [3.05, 3.63) is 53.3 Å². The van der Waals surface area contributed by atoms with Crippen molar-refractivity contribution in [1.29, 1.82) is 0 Å². The molecule has 0 aliphatic carbocycles. The first kappa shape index (κ1) is 15.8. The Balaban J connectivity index is 1.59. The third kappa shape index (κ3) is 5.01. The van der Waals surface area contributed by atoms with Gasteiger partial charge in [0.05, 0.1) is 5.69 Å². The van der Waals surface area contributed by atoms with Crippen molar-refractivity contribution in [2.75, 3.05) is 13.1 Å². The van der Waals surface area contributed by atoms with Gasteiger partial charge in [0.25, 0.3) is 0 Å². The molecule has 0 bridgehead atoms. The number of nitrogens with one attached hydrogen (secondary N) is 1. The number of aromatic nitrogens is 2. The second-order valence-corrected chi connectivity index (χ2v) is 5.85. The van der Waals surface area contributed by atoms with Crippen LogP contribution < -0.4 is 5.32 Å². The Labute approximate surface area is 128 Å². The topological polar surface area (TPSA) is 29.9 Å². The van der Waals surface area contributed by atoms with Crippen LogP contribution in [-0.4, -0.2) is 22.9 Å². The highest BCUT2D eigenvalue weighted by Gasteiger charge is 2.04. The van der Waals surface area contributed by atoms with Crippen LogP contribution in [0.2, 0.25) is 0 Å². The van der Waals surface area contributed by atoms with Crippen molar-refractivity contribution >= 4 is 0 Å². The van der Waals surface area contributed by atoms with Gasteiger partial charge >= 0.3 is 0 Å². The minimum atomic E-state index is 0.620. The maximum absolute atomic E-state index is 4.48. The lowest BCUT2D eigenvalue weighted by atomic mass is 9.98. The molecule has 3 nitrogen and oxygen atoms in total. The van der Waals surface area contributed by atoms with Crippen molar-refractivity contribution in [3.8, 4) is 0 Å². The molecule has 2 rings (SSSR count). The van der Waals surface area contributed by atoms with Crippen LogP contribution in [0.5, 0.6) is 0 Å². The van der Waals surface area contributed by atoms with Crippen molar-refractivity contribution < 1.29 is 0 Å². The van der Waals surface area contributed by atoms with Crippen LogP contribution in [0.3, 0.4) is 0 Å². The van der Waals surface area contributed by atoms with Crippen LogP contribution in [-0.2, 0) is 6.54 Å². The fourth-order valence-corrected chi connectivity index (χ4v) is 2.65. The maximum Gasteiger partial charge on any atom is 0.0596 e. The third-order valence-electron chi connectivity index (χ3n) is 3.95. The Kier molecular flexibility index (Phi) is 6.00. The normalized spacial score (nSPS) is 12.5. The van der Waals surface area contributed by atoms with Crippen molar-refractivity contribution in [3.63, 3.8) is 0 Å². The number of benzene rings is 1. The van der Waals surface area contributed by atoms with Crippen molar-refractivity contribution in [2.24, 2.45) is 0 Å². The first-order chi connectivity index (χ1) is 10.2. The fourth-order valence-electron chi connectivity index (χ4n) is 2.65. The summed E-state index contributed by atoms with van der Waals surface area (Å²) in [7, 11) is 0. The van der Waals surface area contributed by atoms with Gasteiger partial charge in [-0.1, -0.05) is 37.3 Å². The number of nitrogens with zero attached hydrogens (tertiary/aromatic N) is 2. The number of hydrogen-bond acceptors (Lipinski definition) is 2. The Hall–Kier alpha value is -1.61. The number of aryl methyl sites for hydroxylation is 3. The van der Waals surface area contributed by atoms with Gasteiger partial charge in [0.15, 0.2) is 0 Å². The second-order valence-electron chi connectivity index (χ2n) is 5.85. The van der Waals surface area contributed by atoms with Crippen LogP contribution in [0.15, 0.2) is 36.4 Å². The number of hydrogen-bond donors (Lipinski definition) is 1. The highest BCUT2D eigenvalue weighted by Crippen LogP contribution is 2.17. The lowest BCUT2D eigenvalue weighted by Crippen LogP contribution is -2.20. The summed E-state index contributed by atoms with van der Waals surface area (Å²) in [6, 6.07) is 12.9. The van der Waals surface area contributed by atoms with E-state index in [-0.39, 0.29) is 0 Å². The van der Waals surface area contributed by atoms with Gasteiger partial charge in [-0.15, -0.1) is 0 Å². The van der Waals surface area contributed by atoms with E-state index in [0.717, 1.165) is 31.7 Å². The van der Waals surface area contributed by atoms with Gasteiger partial charge in [-0.2, -0.15) is 5.10 Å². The Morgan fingerprint density at radius 1 is 1.14 bits per heavy atom. The quantitative estimate of drug-likeness (QED) is 0.750. The smallest absolute Gasteiger partial charge is 0.0596 e. The van der Waals surface area contributed by atoms with E-state index in [2.05, 4.69) is 65.3 Å². The molecule has 0 aliphatic heterocycles. The van der Waals surface area contributed by atoms with Crippen LogP contribution in [0, 0.1) is 13.8 Å². The summed E-state index contributed by atoms with van der Waals surface area (Å²) in [6.45, 7) is 9.60. The minimum absolute atomic E-state index is 0.620. The lowest BCUT2D eigenvalue weighted by molar-refractivity contribution is 0.519. The monoisotopic (exact) mass is 285 g/mol. The molecule has 0 aliphatic rings. The number of rotatable bonds is 8. The predicted molar refractivity (Wildman–Crippen MR) is 88.7 cm³/mol. The minimum Gasteiger partial charge on any atom is -0.317 e. The molecule has 114 valence electrons. The molecule has 1 N–H and O–H groups in total. The molecular weight excluding hydrogens is 258 g/mol. The summed E-state index contributed by atoms with van der Waals surface area (Å²) < 4.78 is 2.10. The summed E-state index contributed by atoms with van der Waals surface area (Å²) in [5, 5.41) is 8.03. The zero-order valence-corrected chi connectivity index (χ0v) is 13.5. The molecule has 0 radical (unpaired) electrons. The molecule has 1 aromatic carbocycles.